The Morgan fingerprint density at radius 1 is 1.27 bits per heavy atom. The van der Waals surface area contributed by atoms with Crippen LogP contribution in [0.1, 0.15) is 46.7 Å². The van der Waals surface area contributed by atoms with Gasteiger partial charge in [-0.3, -0.25) is 9.59 Å². The molecule has 1 atom stereocenters. The van der Waals surface area contributed by atoms with Crippen molar-refractivity contribution in [2.45, 2.75) is 27.2 Å². The highest BCUT2D eigenvalue weighted by atomic mass is 32.2. The molecule has 2 aliphatic rings. The van der Waals surface area contributed by atoms with Crippen LogP contribution in [-0.2, 0) is 22.6 Å². The number of fused-ring (bicyclic) bond motifs is 2. The van der Waals surface area contributed by atoms with Gasteiger partial charge in [0.15, 0.2) is 0 Å². The Kier molecular flexibility index (Phi) is 6.83. The zero-order valence-electron chi connectivity index (χ0n) is 19.6. The maximum absolute atomic E-state index is 13.2. The monoisotopic (exact) mass is 469 g/mol. The standard InChI is InChI=1S/C24H31N5O3S/c1-5-28(6-2)11-12-29-10-9-20-22(24(29)31)15(3)21(25-20)14-18-17-13-16(27-33(4)32)7-8-19(17)26-23(18)30/h7-8,13-14,25,27H,5-6,9-12H2,1-4H3,(H,26,30)/b18-14-. The van der Waals surface area contributed by atoms with Gasteiger partial charge in [-0.1, -0.05) is 13.8 Å². The molecule has 2 aromatic rings. The lowest BCUT2D eigenvalue weighted by molar-refractivity contribution is -0.110. The summed E-state index contributed by atoms with van der Waals surface area (Å²) in [5.74, 6) is -0.145. The third-order valence-corrected chi connectivity index (χ3v) is 6.96. The minimum Gasteiger partial charge on any atom is -0.593 e. The van der Waals surface area contributed by atoms with Crippen molar-refractivity contribution in [1.29, 1.82) is 0 Å². The number of likely N-dealkylation sites (N-methyl/N-ethyl adjacent to an activating group) is 1. The van der Waals surface area contributed by atoms with Crippen LogP contribution in [0.2, 0.25) is 0 Å². The van der Waals surface area contributed by atoms with Crippen molar-refractivity contribution in [1.82, 2.24) is 14.8 Å². The van der Waals surface area contributed by atoms with Crippen LogP contribution in [0.25, 0.3) is 11.6 Å². The van der Waals surface area contributed by atoms with Gasteiger partial charge in [0.1, 0.15) is 6.26 Å². The molecule has 2 aliphatic heterocycles. The largest absolute Gasteiger partial charge is 0.593 e. The van der Waals surface area contributed by atoms with Gasteiger partial charge in [-0.2, -0.15) is 0 Å². The lowest BCUT2D eigenvalue weighted by atomic mass is 10.0. The van der Waals surface area contributed by atoms with E-state index in [-0.39, 0.29) is 11.8 Å². The second-order valence-electron chi connectivity index (χ2n) is 8.41. The fourth-order valence-corrected chi connectivity index (χ4v) is 4.99. The summed E-state index contributed by atoms with van der Waals surface area (Å²) in [6.45, 7) is 10.4. The van der Waals surface area contributed by atoms with Gasteiger partial charge < -0.3 is 24.7 Å². The van der Waals surface area contributed by atoms with Crippen LogP contribution in [0.5, 0.6) is 0 Å². The predicted molar refractivity (Wildman–Crippen MR) is 134 cm³/mol. The number of anilines is 2. The summed E-state index contributed by atoms with van der Waals surface area (Å²) in [5, 5.41) is 2.88. The summed E-state index contributed by atoms with van der Waals surface area (Å²) in [5.41, 5.74) is 5.94. The number of hydrogen-bond donors (Lipinski definition) is 3. The first-order valence-electron chi connectivity index (χ1n) is 11.3. The molecule has 176 valence electrons. The third kappa shape index (κ3) is 4.66. The van der Waals surface area contributed by atoms with Crippen molar-refractivity contribution >= 4 is 46.2 Å². The van der Waals surface area contributed by atoms with Crippen molar-refractivity contribution in [3.63, 3.8) is 0 Å². The molecule has 9 heteroatoms. The predicted octanol–water partition coefficient (Wildman–Crippen LogP) is 2.86. The highest BCUT2D eigenvalue weighted by molar-refractivity contribution is 7.92. The number of nitrogens with zero attached hydrogens (tertiary/aromatic N) is 2. The number of benzene rings is 1. The van der Waals surface area contributed by atoms with Crippen LogP contribution >= 0.6 is 0 Å². The molecule has 33 heavy (non-hydrogen) atoms. The van der Waals surface area contributed by atoms with Crippen LogP contribution in [0.3, 0.4) is 0 Å². The maximum atomic E-state index is 13.2. The number of amides is 2. The van der Waals surface area contributed by atoms with E-state index in [0.29, 0.717) is 30.0 Å². The summed E-state index contributed by atoms with van der Waals surface area (Å²) in [4.78, 5) is 33.6. The highest BCUT2D eigenvalue weighted by Crippen LogP contribution is 2.36. The molecule has 0 spiro atoms. The second kappa shape index (κ2) is 9.62. The van der Waals surface area contributed by atoms with Gasteiger partial charge in [0.2, 0.25) is 0 Å². The second-order valence-corrected chi connectivity index (χ2v) is 9.53. The highest BCUT2D eigenvalue weighted by Gasteiger charge is 2.30. The van der Waals surface area contributed by atoms with Gasteiger partial charge in [-0.05, 0) is 49.9 Å². The molecule has 0 fully saturated rings. The van der Waals surface area contributed by atoms with Crippen molar-refractivity contribution in [2.24, 2.45) is 0 Å². The molecule has 4 rings (SSSR count). The minimum atomic E-state index is -1.21. The molecule has 0 saturated heterocycles. The van der Waals surface area contributed by atoms with Gasteiger partial charge in [0.05, 0.1) is 28.2 Å². The first-order valence-corrected chi connectivity index (χ1v) is 12.9. The average molecular weight is 470 g/mol. The molecule has 2 amide bonds. The average Bonchev–Trinajstić information content (AvgIpc) is 3.26. The molecule has 0 aliphatic carbocycles. The molecule has 0 saturated carbocycles. The Morgan fingerprint density at radius 3 is 2.73 bits per heavy atom. The van der Waals surface area contributed by atoms with Gasteiger partial charge in [-0.25, -0.2) is 4.72 Å². The fraction of sp³-hybridized carbons (Fsp3) is 0.417. The van der Waals surface area contributed by atoms with Crippen molar-refractivity contribution in [3.8, 4) is 0 Å². The van der Waals surface area contributed by atoms with Crippen LogP contribution in [0, 0.1) is 6.92 Å². The van der Waals surface area contributed by atoms with E-state index in [1.807, 2.05) is 24.0 Å². The van der Waals surface area contributed by atoms with Crippen LogP contribution < -0.4 is 10.0 Å². The van der Waals surface area contributed by atoms with E-state index < -0.39 is 11.4 Å². The molecule has 0 radical (unpaired) electrons. The maximum Gasteiger partial charge on any atom is 0.256 e. The quantitative estimate of drug-likeness (QED) is 0.407. The molecular weight excluding hydrogens is 438 g/mol. The summed E-state index contributed by atoms with van der Waals surface area (Å²) >= 11 is -1.21. The van der Waals surface area contributed by atoms with E-state index in [1.54, 1.807) is 18.4 Å². The van der Waals surface area contributed by atoms with Gasteiger partial charge in [0, 0.05) is 48.7 Å². The van der Waals surface area contributed by atoms with E-state index in [0.717, 1.165) is 54.1 Å². The van der Waals surface area contributed by atoms with Crippen molar-refractivity contribution in [3.05, 3.63) is 46.3 Å². The molecule has 3 heterocycles. The van der Waals surface area contributed by atoms with Gasteiger partial charge in [0.25, 0.3) is 11.8 Å². The molecule has 1 unspecified atom stereocenters. The van der Waals surface area contributed by atoms with E-state index in [1.165, 1.54) is 0 Å². The molecular formula is C24H31N5O3S. The SMILES string of the molecule is CCN(CC)CCN1CCc2[nH]c(/C=C3\C(=O)Nc4ccc(N[S+](C)[O-])cc43)c(C)c2C1=O. The minimum absolute atomic E-state index is 0.0509. The Labute approximate surface area is 197 Å². The molecule has 1 aromatic carbocycles. The normalized spacial score (nSPS) is 17.4. The number of nitrogens with one attached hydrogen (secondary N) is 3. The number of aromatic nitrogens is 1. The summed E-state index contributed by atoms with van der Waals surface area (Å²) < 4.78 is 14.4. The van der Waals surface area contributed by atoms with Crippen LogP contribution in [0.4, 0.5) is 11.4 Å². The van der Waals surface area contributed by atoms with Crippen molar-refractivity contribution in [2.75, 3.05) is 49.0 Å². The zero-order valence-corrected chi connectivity index (χ0v) is 20.4. The van der Waals surface area contributed by atoms with Gasteiger partial charge in [-0.15, -0.1) is 0 Å². The molecule has 1 aromatic heterocycles. The lowest BCUT2D eigenvalue weighted by Gasteiger charge is -2.29. The number of carbonyl (C=O) groups excluding carboxylic acids is 2. The molecule has 0 bridgehead atoms. The van der Waals surface area contributed by atoms with Crippen LogP contribution in [0.15, 0.2) is 18.2 Å². The topological polar surface area (TPSA) is 104 Å². The summed E-state index contributed by atoms with van der Waals surface area (Å²) in [6, 6.07) is 5.40. The fourth-order valence-electron chi connectivity index (χ4n) is 4.53. The first-order chi connectivity index (χ1) is 15.8. The smallest absolute Gasteiger partial charge is 0.256 e. The third-order valence-electron chi connectivity index (χ3n) is 6.43. The van der Waals surface area contributed by atoms with E-state index in [2.05, 4.69) is 33.8 Å². The number of hydrogen-bond acceptors (Lipinski definition) is 5. The number of aromatic amines is 1. The molecule has 8 nitrogen and oxygen atoms in total. The zero-order chi connectivity index (χ0) is 23.7. The Bertz CT molecular complexity index is 1100. The summed E-state index contributed by atoms with van der Waals surface area (Å²) in [6.07, 6.45) is 4.14. The van der Waals surface area contributed by atoms with Crippen molar-refractivity contribution < 1.29 is 14.1 Å². The first kappa shape index (κ1) is 23.4. The van der Waals surface area contributed by atoms with Crippen LogP contribution in [-0.4, -0.2) is 70.1 Å². The number of rotatable bonds is 8. The lowest BCUT2D eigenvalue weighted by Crippen LogP contribution is -2.42. The van der Waals surface area contributed by atoms with E-state index in [4.69, 9.17) is 0 Å². The van der Waals surface area contributed by atoms with E-state index in [9.17, 15) is 14.1 Å². The van der Waals surface area contributed by atoms with E-state index >= 15 is 0 Å². The Morgan fingerprint density at radius 2 is 2.03 bits per heavy atom. The Balaban J connectivity index is 1.61. The number of carbonyl (C=O) groups is 2. The summed E-state index contributed by atoms with van der Waals surface area (Å²) in [7, 11) is 0. The van der Waals surface area contributed by atoms with Gasteiger partial charge >= 0.3 is 0 Å². The molecule has 3 N–H and O–H groups in total. The number of H-pyrrole nitrogens is 1. The Hall–Kier alpha value is -2.75.